The van der Waals surface area contributed by atoms with E-state index in [1.165, 1.54) is 70.2 Å². The second-order valence-electron chi connectivity index (χ2n) is 17.1. The molecule has 13 rings (SSSR count). The highest BCUT2D eigenvalue weighted by atomic mass is 32.1. The molecule has 2 aliphatic rings. The van der Waals surface area contributed by atoms with Gasteiger partial charge >= 0.3 is 0 Å². The Morgan fingerprint density at radius 2 is 0.954 bits per heavy atom. The molecule has 2 unspecified atom stereocenters. The molecule has 1 spiro atoms. The minimum atomic E-state index is -0.685. The van der Waals surface area contributed by atoms with Crippen LogP contribution >= 0.6 is 11.3 Å². The maximum Gasteiger partial charge on any atom is 0.134 e. The molecule has 0 bridgehead atoms. The zero-order valence-electron chi connectivity index (χ0n) is 35.4. The maximum absolute atomic E-state index is 7.01. The third-order valence-electron chi connectivity index (χ3n) is 13.6. The van der Waals surface area contributed by atoms with E-state index >= 15 is 0 Å². The van der Waals surface area contributed by atoms with Crippen LogP contribution in [0.25, 0.3) is 42.4 Å². The van der Waals surface area contributed by atoms with Gasteiger partial charge in [0, 0.05) is 48.6 Å². The van der Waals surface area contributed by atoms with Crippen LogP contribution < -0.4 is 9.64 Å². The molecular weight excluding hydrogens is 807 g/mol. The fourth-order valence-electron chi connectivity index (χ4n) is 10.9. The summed E-state index contributed by atoms with van der Waals surface area (Å²) in [6.45, 7) is 0. The van der Waals surface area contributed by atoms with Gasteiger partial charge in [0.05, 0.1) is 11.1 Å². The molecular formula is C62H41NOS. The van der Waals surface area contributed by atoms with Crippen LogP contribution in [0.3, 0.4) is 0 Å². The van der Waals surface area contributed by atoms with E-state index < -0.39 is 5.41 Å². The number of ether oxygens (including phenoxy) is 1. The lowest BCUT2D eigenvalue weighted by Gasteiger charge is -2.42. The van der Waals surface area contributed by atoms with Crippen molar-refractivity contribution in [3.63, 3.8) is 0 Å². The predicted octanol–water partition coefficient (Wildman–Crippen LogP) is 16.8. The van der Waals surface area contributed by atoms with Crippen LogP contribution in [0.1, 0.15) is 44.9 Å². The van der Waals surface area contributed by atoms with Crippen molar-refractivity contribution in [3.8, 4) is 33.8 Å². The standard InChI is InChI=1S/C62H41NOS/c1-4-17-41(18-5-1)42-31-33-43(34-32-42)60(45-35-37-50-49-24-11-15-30-58(49)65-59(50)40-45)44-36-38-53-51(39-44)48-23-10-12-25-52(48)62(53)54-26-13-14-28-56(54)64-57-29-16-27-55(61(57)62)63(46-19-6-2-7-20-46)47-21-8-3-9-22-47/h1-40,60H. The van der Waals surface area contributed by atoms with Crippen LogP contribution in [-0.2, 0) is 5.41 Å². The van der Waals surface area contributed by atoms with Crippen molar-refractivity contribution < 1.29 is 4.74 Å². The summed E-state index contributed by atoms with van der Waals surface area (Å²) in [5.74, 6) is 1.72. The van der Waals surface area contributed by atoms with Gasteiger partial charge in [-0.1, -0.05) is 182 Å². The SMILES string of the molecule is c1ccc(-c2ccc(C(c3ccc4c(c3)-c3ccccc3C43c4ccccc4Oc4cccc(N(c5ccccc5)c5ccccc5)c43)c3ccc4c(c3)sc3ccccc34)cc2)cc1. The van der Waals surface area contributed by atoms with Crippen LogP contribution in [-0.4, -0.2) is 0 Å². The van der Waals surface area contributed by atoms with Crippen molar-refractivity contribution in [1.82, 2.24) is 0 Å². The lowest BCUT2D eigenvalue weighted by atomic mass is 9.65. The number of hydrogen-bond donors (Lipinski definition) is 0. The third kappa shape index (κ3) is 5.86. The van der Waals surface area contributed by atoms with Gasteiger partial charge in [-0.05, 0) is 111 Å². The minimum Gasteiger partial charge on any atom is -0.457 e. The molecule has 1 aliphatic heterocycles. The molecule has 65 heavy (non-hydrogen) atoms. The molecule has 0 amide bonds. The lowest BCUT2D eigenvalue weighted by molar-refractivity contribution is 0.437. The fraction of sp³-hybridized carbons (Fsp3) is 0.0323. The molecule has 0 fully saturated rings. The summed E-state index contributed by atoms with van der Waals surface area (Å²) in [5, 5.41) is 2.63. The summed E-state index contributed by atoms with van der Waals surface area (Å²) >= 11 is 1.88. The number of hydrogen-bond acceptors (Lipinski definition) is 3. The average Bonchev–Trinajstić information content (AvgIpc) is 3.88. The number of anilines is 3. The lowest BCUT2D eigenvalue weighted by Crippen LogP contribution is -2.34. The summed E-state index contributed by atoms with van der Waals surface area (Å²) in [7, 11) is 0. The smallest absolute Gasteiger partial charge is 0.134 e. The Balaban J connectivity index is 1.06. The van der Waals surface area contributed by atoms with Gasteiger partial charge in [0.25, 0.3) is 0 Å². The van der Waals surface area contributed by atoms with Crippen LogP contribution in [0, 0.1) is 0 Å². The van der Waals surface area contributed by atoms with Crippen molar-refractivity contribution in [2.24, 2.45) is 0 Å². The number of thiophene rings is 1. The molecule has 0 N–H and O–H groups in total. The molecule has 2 heterocycles. The minimum absolute atomic E-state index is 0.0140. The molecule has 0 radical (unpaired) electrons. The highest BCUT2D eigenvalue weighted by Gasteiger charge is 2.53. The van der Waals surface area contributed by atoms with E-state index in [2.05, 4.69) is 248 Å². The summed E-state index contributed by atoms with van der Waals surface area (Å²) in [4.78, 5) is 2.39. The van der Waals surface area contributed by atoms with E-state index in [9.17, 15) is 0 Å². The van der Waals surface area contributed by atoms with Crippen molar-refractivity contribution in [2.45, 2.75) is 11.3 Å². The first-order valence-corrected chi connectivity index (χ1v) is 23.2. The van der Waals surface area contributed by atoms with Crippen LogP contribution in [0.15, 0.2) is 243 Å². The summed E-state index contributed by atoms with van der Waals surface area (Å²) in [6, 6.07) is 88.9. The second kappa shape index (κ2) is 15.1. The Labute approximate surface area is 382 Å². The van der Waals surface area contributed by atoms with Gasteiger partial charge in [-0.3, -0.25) is 0 Å². The molecule has 2 atom stereocenters. The number of benzene rings is 10. The maximum atomic E-state index is 7.01. The zero-order valence-corrected chi connectivity index (χ0v) is 36.3. The quantitative estimate of drug-likeness (QED) is 0.148. The Morgan fingerprint density at radius 1 is 0.385 bits per heavy atom. The van der Waals surface area contributed by atoms with E-state index in [1.807, 2.05) is 11.3 Å². The Morgan fingerprint density at radius 3 is 1.74 bits per heavy atom. The molecule has 0 saturated carbocycles. The highest BCUT2D eigenvalue weighted by Crippen LogP contribution is 2.65. The molecule has 1 aromatic heterocycles. The first-order valence-electron chi connectivity index (χ1n) is 22.4. The number of fused-ring (bicyclic) bond motifs is 12. The molecule has 0 saturated heterocycles. The van der Waals surface area contributed by atoms with Gasteiger partial charge < -0.3 is 9.64 Å². The monoisotopic (exact) mass is 847 g/mol. The number of para-hydroxylation sites is 3. The van der Waals surface area contributed by atoms with Crippen LogP contribution in [0.4, 0.5) is 17.1 Å². The van der Waals surface area contributed by atoms with Crippen molar-refractivity contribution >= 4 is 48.6 Å². The number of nitrogens with zero attached hydrogens (tertiary/aromatic N) is 1. The molecule has 10 aromatic carbocycles. The normalized spacial score (nSPS) is 14.9. The summed E-state index contributed by atoms with van der Waals surface area (Å²) in [6.07, 6.45) is 0. The predicted molar refractivity (Wildman–Crippen MR) is 271 cm³/mol. The molecule has 2 nitrogen and oxygen atoms in total. The zero-order chi connectivity index (χ0) is 42.9. The first kappa shape index (κ1) is 37.6. The van der Waals surface area contributed by atoms with Gasteiger partial charge in [-0.2, -0.15) is 0 Å². The van der Waals surface area contributed by atoms with Gasteiger partial charge in [-0.15, -0.1) is 11.3 Å². The van der Waals surface area contributed by atoms with E-state index in [-0.39, 0.29) is 5.92 Å². The summed E-state index contributed by atoms with van der Waals surface area (Å²) in [5.41, 5.74) is 16.1. The number of rotatable bonds is 7. The molecule has 3 heteroatoms. The van der Waals surface area contributed by atoms with Crippen molar-refractivity contribution in [1.29, 1.82) is 0 Å². The average molecular weight is 848 g/mol. The fourth-order valence-corrected chi connectivity index (χ4v) is 12.1. The van der Waals surface area contributed by atoms with Gasteiger partial charge in [0.2, 0.25) is 0 Å². The molecule has 11 aromatic rings. The molecule has 1 aliphatic carbocycles. The van der Waals surface area contributed by atoms with Gasteiger partial charge in [0.1, 0.15) is 11.5 Å². The van der Waals surface area contributed by atoms with E-state index in [4.69, 9.17) is 4.74 Å². The first-order chi connectivity index (χ1) is 32.2. The second-order valence-corrected chi connectivity index (χ2v) is 18.2. The van der Waals surface area contributed by atoms with E-state index in [1.54, 1.807) is 0 Å². The Kier molecular flexibility index (Phi) is 8.72. The van der Waals surface area contributed by atoms with Crippen LogP contribution in [0.5, 0.6) is 11.5 Å². The van der Waals surface area contributed by atoms with Gasteiger partial charge in [0.15, 0.2) is 0 Å². The third-order valence-corrected chi connectivity index (χ3v) is 14.8. The Bertz CT molecular complexity index is 3540. The summed E-state index contributed by atoms with van der Waals surface area (Å²) < 4.78 is 9.63. The van der Waals surface area contributed by atoms with E-state index in [0.717, 1.165) is 39.7 Å². The van der Waals surface area contributed by atoms with E-state index in [0.29, 0.717) is 0 Å². The van der Waals surface area contributed by atoms with Crippen LogP contribution in [0.2, 0.25) is 0 Å². The topological polar surface area (TPSA) is 12.5 Å². The highest BCUT2D eigenvalue weighted by molar-refractivity contribution is 7.25. The van der Waals surface area contributed by atoms with Crippen molar-refractivity contribution in [2.75, 3.05) is 4.90 Å². The van der Waals surface area contributed by atoms with Crippen molar-refractivity contribution in [3.05, 3.63) is 282 Å². The largest absolute Gasteiger partial charge is 0.457 e. The Hall–Kier alpha value is -7.98. The van der Waals surface area contributed by atoms with Gasteiger partial charge in [-0.25, -0.2) is 0 Å². The molecule has 306 valence electrons.